The van der Waals surface area contributed by atoms with E-state index < -0.39 is 5.60 Å². The van der Waals surface area contributed by atoms with Crippen molar-refractivity contribution in [3.05, 3.63) is 361 Å². The minimum absolute atomic E-state index is 0.161. The zero-order chi connectivity index (χ0) is 87.3. The van der Waals surface area contributed by atoms with Crippen LogP contribution >= 0.6 is 60.5 Å². The summed E-state index contributed by atoms with van der Waals surface area (Å²) in [6.45, 7) is 37.9. The lowest BCUT2D eigenvalue weighted by atomic mass is 10.1. The second-order valence-corrected chi connectivity index (χ2v) is 28.6. The fraction of sp³-hybridized carbons (Fsp3) is 0.198. The monoisotopic (exact) mass is 1690 g/mol. The molecule has 11 aromatic rings. The number of carbonyl (C=O) groups excluding carboxylic acids is 1. The van der Waals surface area contributed by atoms with Gasteiger partial charge in [0.2, 0.25) is 0 Å². The van der Waals surface area contributed by atoms with Gasteiger partial charge in [-0.05, 0) is 368 Å². The number of benzene rings is 11. The Labute approximate surface area is 736 Å². The lowest BCUT2D eigenvalue weighted by Gasteiger charge is -2.25. The van der Waals surface area contributed by atoms with Gasteiger partial charge >= 0.3 is 6.09 Å². The number of aliphatic imine (C=N–C) groups is 5. The average molecular weight is 1690 g/mol. The van der Waals surface area contributed by atoms with Gasteiger partial charge in [-0.15, -0.1) is 0 Å². The number of hydrogen-bond acceptors (Lipinski definition) is 15. The van der Waals surface area contributed by atoms with E-state index in [0.29, 0.717) is 34.6 Å². The van der Waals surface area contributed by atoms with Crippen molar-refractivity contribution in [3.63, 3.8) is 0 Å². The Hall–Kier alpha value is -12.6. The summed E-state index contributed by atoms with van der Waals surface area (Å²) >= 11 is 28.1. The summed E-state index contributed by atoms with van der Waals surface area (Å²) in [7, 11) is 0. The van der Waals surface area contributed by atoms with E-state index in [2.05, 4.69) is 177 Å². The molecule has 11 rings (SSSR count). The zero-order valence-corrected chi connectivity index (χ0v) is 74.1. The second-order valence-electron chi connectivity index (χ2n) is 26.8. The number of amides is 1. The third kappa shape index (κ3) is 38.6. The van der Waals surface area contributed by atoms with Crippen molar-refractivity contribution in [2.45, 2.75) is 126 Å². The lowest BCUT2D eigenvalue weighted by Crippen LogP contribution is -2.40. The Morgan fingerprint density at radius 3 is 1.01 bits per heavy atom. The van der Waals surface area contributed by atoms with E-state index in [-0.39, 0.29) is 26.8 Å². The second kappa shape index (κ2) is 55.9. The number of hydrogen-bond donors (Lipinski definition) is 1. The van der Waals surface area contributed by atoms with E-state index in [1.54, 1.807) is 34.1 Å². The van der Waals surface area contributed by atoms with Crippen molar-refractivity contribution >= 4 is 156 Å². The molecule has 0 spiro atoms. The van der Waals surface area contributed by atoms with Gasteiger partial charge in [0.25, 0.3) is 20.7 Å². The minimum Gasteiger partial charge on any atom is -0.444 e. The molecular formula is C101H105ClN8O6S4. The van der Waals surface area contributed by atoms with Crippen molar-refractivity contribution in [2.75, 3.05) is 16.3 Å². The first-order valence-electron chi connectivity index (χ1n) is 39.1. The summed E-state index contributed by atoms with van der Waals surface area (Å²) in [5, 5.41) is 4.08. The SMILES string of the molecule is C=C=Nc1ccc(CC)cc1.C=C=Nc1ccc(CC)cc1.C=C=Nc1ccc(CCNC(=O)OC(C)(C)C)cc1.C=C=Nc1cccc(CC)c1.C=C=Nc1cccc(CCC)c1.CCc1ccc(N(C(=S)Oc2ccc(C)cc2)C(=S)Oc2ccc(Cl)cc2)cc1.CCc1ccc(N(C(=S)Oc2ccccc2)C(=S)Oc2ccccc2)cc1. The van der Waals surface area contributed by atoms with E-state index in [1.165, 1.54) is 39.8 Å². The highest BCUT2D eigenvalue weighted by Crippen LogP contribution is 2.27. The highest BCUT2D eigenvalue weighted by atomic mass is 35.5. The van der Waals surface area contributed by atoms with Gasteiger partial charge in [-0.1, -0.05) is 199 Å². The number of thiocarbonyl (C=S) groups is 4. The molecule has 0 heterocycles. The van der Waals surface area contributed by atoms with Crippen LogP contribution in [0.2, 0.25) is 5.02 Å². The van der Waals surface area contributed by atoms with E-state index >= 15 is 0 Å². The summed E-state index contributed by atoms with van der Waals surface area (Å²) in [6, 6.07) is 89.4. The van der Waals surface area contributed by atoms with E-state index in [9.17, 15) is 4.79 Å². The Morgan fingerprint density at radius 1 is 0.367 bits per heavy atom. The number of nitrogens with one attached hydrogen (secondary N) is 1. The van der Waals surface area contributed by atoms with Gasteiger partial charge in [-0.2, -0.15) is 0 Å². The third-order valence-corrected chi connectivity index (χ3v) is 17.9. The van der Waals surface area contributed by atoms with Gasteiger partial charge < -0.3 is 29.0 Å². The molecule has 0 fully saturated rings. The first-order chi connectivity index (χ1) is 58.0. The quantitative estimate of drug-likeness (QED) is 0.0540. The zero-order valence-electron chi connectivity index (χ0n) is 70.0. The number of halogens is 1. The van der Waals surface area contributed by atoms with Crippen molar-refractivity contribution in [1.29, 1.82) is 0 Å². The maximum absolute atomic E-state index is 11.4. The highest BCUT2D eigenvalue weighted by molar-refractivity contribution is 7.82. The molecule has 0 radical (unpaired) electrons. The summed E-state index contributed by atoms with van der Waals surface area (Å²) < 4.78 is 28.6. The molecule has 0 bridgehead atoms. The van der Waals surface area contributed by atoms with Crippen molar-refractivity contribution in [3.8, 4) is 23.0 Å². The van der Waals surface area contributed by atoms with Crippen LogP contribution in [0.15, 0.2) is 337 Å². The molecule has 0 saturated heterocycles. The molecule has 0 aliphatic carbocycles. The van der Waals surface area contributed by atoms with Crippen molar-refractivity contribution < 1.29 is 28.5 Å². The molecule has 1 amide bonds. The van der Waals surface area contributed by atoms with Crippen LogP contribution in [0.1, 0.15) is 113 Å². The fourth-order valence-electron chi connectivity index (χ4n) is 10.3. The predicted molar refractivity (Wildman–Crippen MR) is 521 cm³/mol. The number of ether oxygens (including phenoxy) is 5. The standard InChI is InChI=1S/C23H20ClNO2S2.C22H19NO2S2.C15H20N2O2.C11H13N.3C10H11N/c1-3-17-6-10-19(11-7-17)25(22(28)26-20-12-4-16(2)5-13-20)23(29)27-21-14-8-18(24)9-15-21;1-2-17-13-15-18(16-14-17)23(21(26)24-19-9-5-3-6-10-19)22(27)25-20-11-7-4-8-12-20;1-5-16-13-8-6-12(7-9-13)10-11-17-14(18)19-15(2,3)4;1-3-6-10-7-5-8-11(9-10)12-4-2;2*1-3-9-5-7-10(8-6-9)11-4-2;1-3-9-6-5-7-10(8-9)11-4-2/h4-15H,3H2,1-2H3;3-16H,2H2,1H3;6-9H,1,10-11H2,2-4H3,(H,17,18);5,7-9H,2-3,6H2,1H3;3*5-8H,2-3H2,1H3. The highest BCUT2D eigenvalue weighted by Gasteiger charge is 2.24. The van der Waals surface area contributed by atoms with Crippen LogP contribution < -0.4 is 34.1 Å². The largest absolute Gasteiger partial charge is 0.444 e. The fourth-order valence-corrected chi connectivity index (χ4v) is 11.7. The van der Waals surface area contributed by atoms with Crippen LogP contribution in [0.4, 0.5) is 44.6 Å². The average Bonchev–Trinajstić information content (AvgIpc) is 0.826. The summed E-state index contributed by atoms with van der Waals surface area (Å²) in [5.74, 6) is 15.0. The maximum Gasteiger partial charge on any atom is 0.407 e. The number of rotatable bonds is 21. The van der Waals surface area contributed by atoms with Crippen LogP contribution in [0, 0.1) is 6.92 Å². The van der Waals surface area contributed by atoms with E-state index in [4.69, 9.17) is 84.2 Å². The molecule has 616 valence electrons. The number of alkyl carbamates (subject to hydrolysis) is 1. The Bertz CT molecular complexity index is 5060. The van der Waals surface area contributed by atoms with Gasteiger partial charge in [-0.25, -0.2) is 39.6 Å². The van der Waals surface area contributed by atoms with Crippen molar-refractivity contribution in [2.24, 2.45) is 25.0 Å². The molecule has 1 N–H and O–H groups in total. The topological polar surface area (TPSA) is 144 Å². The van der Waals surface area contributed by atoms with Crippen LogP contribution in [0.25, 0.3) is 0 Å². The summed E-state index contributed by atoms with van der Waals surface area (Å²) in [5.41, 5.74) is 15.6. The predicted octanol–water partition coefficient (Wildman–Crippen LogP) is 27.1. The van der Waals surface area contributed by atoms with Gasteiger partial charge in [0.1, 0.15) is 28.6 Å². The molecule has 19 heteroatoms. The Morgan fingerprint density at radius 2 is 0.675 bits per heavy atom. The molecule has 120 heavy (non-hydrogen) atoms. The summed E-state index contributed by atoms with van der Waals surface area (Å²) in [6.07, 6.45) is 7.71. The first-order valence-corrected chi connectivity index (χ1v) is 41.1. The van der Waals surface area contributed by atoms with Gasteiger partial charge in [0, 0.05) is 11.6 Å². The molecule has 11 aromatic carbocycles. The van der Waals surface area contributed by atoms with Crippen LogP contribution in [0.3, 0.4) is 0 Å². The van der Waals surface area contributed by atoms with Crippen molar-refractivity contribution in [1.82, 2.24) is 5.32 Å². The molecule has 0 atom stereocenters. The first kappa shape index (κ1) is 98.0. The molecule has 0 aromatic heterocycles. The third-order valence-electron chi connectivity index (χ3n) is 16.6. The maximum atomic E-state index is 11.4. The smallest absolute Gasteiger partial charge is 0.407 e. The van der Waals surface area contributed by atoms with Crippen LogP contribution in [-0.4, -0.2) is 68.3 Å². The molecule has 14 nitrogen and oxygen atoms in total. The van der Waals surface area contributed by atoms with E-state index in [1.807, 2.05) is 240 Å². The van der Waals surface area contributed by atoms with Gasteiger partial charge in [0.05, 0.1) is 39.8 Å². The molecule has 0 aliphatic rings. The number of aryl methyl sites for hydroxylation is 7. The minimum atomic E-state index is -0.464. The Kier molecular flexibility index (Phi) is 45.6. The Balaban J connectivity index is 0.000000259. The number of anilines is 2. The number of nitrogens with zero attached hydrogens (tertiary/aromatic N) is 7. The lowest BCUT2D eigenvalue weighted by molar-refractivity contribution is 0.0528. The molecule has 0 unspecified atom stereocenters. The number of para-hydroxylation sites is 2. The van der Waals surface area contributed by atoms with Crippen LogP contribution in [-0.2, 0) is 49.7 Å². The molecule has 0 aliphatic heterocycles. The van der Waals surface area contributed by atoms with Gasteiger partial charge in [0.15, 0.2) is 0 Å². The molecular weight excluding hydrogens is 1580 g/mol. The van der Waals surface area contributed by atoms with E-state index in [0.717, 1.165) is 95.9 Å². The van der Waals surface area contributed by atoms with Gasteiger partial charge in [-0.3, -0.25) is 0 Å². The molecule has 0 saturated carbocycles. The normalized spacial score (nSPS) is 9.76. The van der Waals surface area contributed by atoms with Crippen LogP contribution in [0.5, 0.6) is 23.0 Å². The number of carbonyl (C=O) groups is 1. The summed E-state index contributed by atoms with van der Waals surface area (Å²) in [4.78, 5) is 34.4.